The average molecular weight is 295 g/mol. The summed E-state index contributed by atoms with van der Waals surface area (Å²) < 4.78 is 15.3. The molecular weight excluding hydrogens is 270 g/mol. The smallest absolute Gasteiger partial charge is 0.322 e. The molecule has 0 aromatic heterocycles. The summed E-state index contributed by atoms with van der Waals surface area (Å²) >= 11 is 0. The maximum absolute atomic E-state index is 11.8. The van der Waals surface area contributed by atoms with Gasteiger partial charge in [0.05, 0.1) is 21.3 Å². The fraction of sp³-hybridized carbons (Fsp3) is 0.562. The molecule has 0 aliphatic heterocycles. The second kappa shape index (κ2) is 8.52. The first-order chi connectivity index (χ1) is 10.0. The number of esters is 1. The molecule has 21 heavy (non-hydrogen) atoms. The van der Waals surface area contributed by atoms with Gasteiger partial charge in [0.1, 0.15) is 6.04 Å². The molecule has 1 atom stereocenters. The Morgan fingerprint density at radius 3 is 2.33 bits per heavy atom. The van der Waals surface area contributed by atoms with Crippen LogP contribution in [-0.4, -0.2) is 33.3 Å². The molecule has 0 spiro atoms. The van der Waals surface area contributed by atoms with E-state index in [-0.39, 0.29) is 12.0 Å². The first-order valence-corrected chi connectivity index (χ1v) is 7.03. The number of nitrogens with one attached hydrogen (secondary N) is 1. The Kier molecular flexibility index (Phi) is 7.02. The number of carbonyl (C=O) groups is 1. The van der Waals surface area contributed by atoms with E-state index in [4.69, 9.17) is 14.2 Å². The Balaban J connectivity index is 2.73. The van der Waals surface area contributed by atoms with Gasteiger partial charge in [0, 0.05) is 6.54 Å². The number of carbonyl (C=O) groups excluding carboxylic acids is 1. The minimum absolute atomic E-state index is 0.232. The van der Waals surface area contributed by atoms with Gasteiger partial charge >= 0.3 is 5.97 Å². The summed E-state index contributed by atoms with van der Waals surface area (Å²) in [6, 6.07) is 5.39. The van der Waals surface area contributed by atoms with Gasteiger partial charge < -0.3 is 19.5 Å². The van der Waals surface area contributed by atoms with E-state index in [1.54, 1.807) is 14.2 Å². The predicted molar refractivity (Wildman–Crippen MR) is 81.6 cm³/mol. The van der Waals surface area contributed by atoms with E-state index in [1.807, 2.05) is 18.2 Å². The van der Waals surface area contributed by atoms with Crippen LogP contribution in [0.3, 0.4) is 0 Å². The summed E-state index contributed by atoms with van der Waals surface area (Å²) in [5.41, 5.74) is 1.02. The highest BCUT2D eigenvalue weighted by atomic mass is 16.5. The van der Waals surface area contributed by atoms with Crippen molar-refractivity contribution in [3.8, 4) is 11.5 Å². The molecule has 118 valence electrons. The molecule has 1 aromatic rings. The highest BCUT2D eigenvalue weighted by Crippen LogP contribution is 2.27. The molecule has 0 aliphatic carbocycles. The van der Waals surface area contributed by atoms with E-state index in [1.165, 1.54) is 7.11 Å². The van der Waals surface area contributed by atoms with Crippen LogP contribution >= 0.6 is 0 Å². The molecular formula is C16H25NO4. The van der Waals surface area contributed by atoms with Crippen molar-refractivity contribution in [3.63, 3.8) is 0 Å². The van der Waals surface area contributed by atoms with Gasteiger partial charge in [0.2, 0.25) is 0 Å². The molecule has 5 heteroatoms. The zero-order chi connectivity index (χ0) is 15.8. The van der Waals surface area contributed by atoms with Crippen LogP contribution in [-0.2, 0) is 16.1 Å². The van der Waals surface area contributed by atoms with Crippen molar-refractivity contribution in [2.24, 2.45) is 5.92 Å². The van der Waals surface area contributed by atoms with Crippen LogP contribution < -0.4 is 14.8 Å². The van der Waals surface area contributed by atoms with Gasteiger partial charge in [-0.3, -0.25) is 4.79 Å². The maximum Gasteiger partial charge on any atom is 0.322 e. The van der Waals surface area contributed by atoms with Crippen molar-refractivity contribution in [2.45, 2.75) is 32.9 Å². The molecule has 0 saturated carbocycles. The number of hydrogen-bond donors (Lipinski definition) is 1. The topological polar surface area (TPSA) is 56.8 Å². The van der Waals surface area contributed by atoms with Crippen LogP contribution in [0.15, 0.2) is 18.2 Å². The molecule has 1 rings (SSSR count). The van der Waals surface area contributed by atoms with Crippen molar-refractivity contribution in [1.82, 2.24) is 5.32 Å². The Morgan fingerprint density at radius 2 is 1.81 bits per heavy atom. The molecule has 0 saturated heterocycles. The molecule has 5 nitrogen and oxygen atoms in total. The summed E-state index contributed by atoms with van der Waals surface area (Å²) in [6.45, 7) is 4.72. The van der Waals surface area contributed by atoms with Gasteiger partial charge in [-0.25, -0.2) is 0 Å². The van der Waals surface area contributed by atoms with Gasteiger partial charge in [-0.1, -0.05) is 19.9 Å². The lowest BCUT2D eigenvalue weighted by molar-refractivity contribution is -0.143. The van der Waals surface area contributed by atoms with Crippen molar-refractivity contribution >= 4 is 5.97 Å². The Morgan fingerprint density at radius 1 is 1.14 bits per heavy atom. The van der Waals surface area contributed by atoms with Crippen molar-refractivity contribution in [1.29, 1.82) is 0 Å². The average Bonchev–Trinajstić information content (AvgIpc) is 2.49. The standard InChI is InChI=1S/C16H25NO4/c1-11(2)8-13(16(18)21-5)17-10-12-6-7-14(19-3)15(9-12)20-4/h6-7,9,11,13,17H,8,10H2,1-5H3/t13-/m0/s1. The first-order valence-electron chi connectivity index (χ1n) is 7.03. The number of rotatable bonds is 8. The molecule has 0 bridgehead atoms. The van der Waals surface area contributed by atoms with E-state index < -0.39 is 0 Å². The van der Waals surface area contributed by atoms with E-state index >= 15 is 0 Å². The monoisotopic (exact) mass is 295 g/mol. The molecule has 0 amide bonds. The van der Waals surface area contributed by atoms with E-state index in [0.29, 0.717) is 24.0 Å². The maximum atomic E-state index is 11.8. The molecule has 0 heterocycles. The third kappa shape index (κ3) is 5.27. The van der Waals surface area contributed by atoms with Crippen molar-refractivity contribution in [2.75, 3.05) is 21.3 Å². The fourth-order valence-electron chi connectivity index (χ4n) is 2.11. The third-order valence-electron chi connectivity index (χ3n) is 3.19. The molecule has 1 N–H and O–H groups in total. The quantitative estimate of drug-likeness (QED) is 0.746. The largest absolute Gasteiger partial charge is 0.493 e. The summed E-state index contributed by atoms with van der Waals surface area (Å²) in [5.74, 6) is 1.54. The number of ether oxygens (including phenoxy) is 3. The summed E-state index contributed by atoms with van der Waals surface area (Å²) in [6.07, 6.45) is 0.736. The Hall–Kier alpha value is -1.75. The number of hydrogen-bond acceptors (Lipinski definition) is 5. The second-order valence-corrected chi connectivity index (χ2v) is 5.28. The molecule has 0 radical (unpaired) electrons. The predicted octanol–water partition coefficient (Wildman–Crippen LogP) is 2.38. The summed E-state index contributed by atoms with van der Waals surface area (Å²) in [4.78, 5) is 11.8. The van der Waals surface area contributed by atoms with Gasteiger partial charge in [-0.05, 0) is 30.0 Å². The fourth-order valence-corrected chi connectivity index (χ4v) is 2.11. The van der Waals surface area contributed by atoms with Gasteiger partial charge in [0.25, 0.3) is 0 Å². The number of methoxy groups -OCH3 is 3. The van der Waals surface area contributed by atoms with Crippen LogP contribution in [0.2, 0.25) is 0 Å². The zero-order valence-corrected chi connectivity index (χ0v) is 13.4. The van der Waals surface area contributed by atoms with Gasteiger partial charge in [0.15, 0.2) is 11.5 Å². The van der Waals surface area contributed by atoms with E-state index in [2.05, 4.69) is 19.2 Å². The van der Waals surface area contributed by atoms with Crippen LogP contribution in [0.1, 0.15) is 25.8 Å². The second-order valence-electron chi connectivity index (χ2n) is 5.28. The zero-order valence-electron chi connectivity index (χ0n) is 13.4. The third-order valence-corrected chi connectivity index (χ3v) is 3.19. The Labute approximate surface area is 126 Å². The van der Waals surface area contributed by atoms with E-state index in [0.717, 1.165) is 12.0 Å². The molecule has 1 aromatic carbocycles. The van der Waals surface area contributed by atoms with Crippen molar-refractivity contribution in [3.05, 3.63) is 23.8 Å². The molecule has 0 unspecified atom stereocenters. The molecule has 0 aliphatic rings. The summed E-state index contributed by atoms with van der Waals surface area (Å²) in [5, 5.41) is 3.24. The molecule has 0 fully saturated rings. The minimum Gasteiger partial charge on any atom is -0.493 e. The number of benzene rings is 1. The van der Waals surface area contributed by atoms with E-state index in [9.17, 15) is 4.79 Å². The van der Waals surface area contributed by atoms with Crippen molar-refractivity contribution < 1.29 is 19.0 Å². The van der Waals surface area contributed by atoms with Crippen LogP contribution in [0.25, 0.3) is 0 Å². The van der Waals surface area contributed by atoms with Crippen LogP contribution in [0, 0.1) is 5.92 Å². The normalized spacial score (nSPS) is 12.1. The lowest BCUT2D eigenvalue weighted by atomic mass is 10.0. The lowest BCUT2D eigenvalue weighted by Crippen LogP contribution is -2.38. The Bertz CT molecular complexity index is 460. The lowest BCUT2D eigenvalue weighted by Gasteiger charge is -2.18. The SMILES string of the molecule is COC(=O)[C@H](CC(C)C)NCc1ccc(OC)c(OC)c1. The first kappa shape index (κ1) is 17.3. The summed E-state index contributed by atoms with van der Waals surface area (Å²) in [7, 11) is 4.62. The van der Waals surface area contributed by atoms with Gasteiger partial charge in [-0.15, -0.1) is 0 Å². The highest BCUT2D eigenvalue weighted by Gasteiger charge is 2.19. The highest BCUT2D eigenvalue weighted by molar-refractivity contribution is 5.75. The van der Waals surface area contributed by atoms with Crippen LogP contribution in [0.5, 0.6) is 11.5 Å². The minimum atomic E-state index is -0.303. The van der Waals surface area contributed by atoms with Crippen LogP contribution in [0.4, 0.5) is 0 Å². The van der Waals surface area contributed by atoms with Gasteiger partial charge in [-0.2, -0.15) is 0 Å².